The first-order valence-electron chi connectivity index (χ1n) is 10.4. The second kappa shape index (κ2) is 10.1. The molecule has 2 aliphatic heterocycles. The van der Waals surface area contributed by atoms with E-state index in [-0.39, 0.29) is 11.9 Å². The Balaban J connectivity index is 1.55. The smallest absolute Gasteiger partial charge is 0.222 e. The number of anilines is 1. The van der Waals surface area contributed by atoms with Gasteiger partial charge in [-0.2, -0.15) is 0 Å². The Morgan fingerprint density at radius 1 is 1.29 bits per heavy atom. The third kappa shape index (κ3) is 5.86. The summed E-state index contributed by atoms with van der Waals surface area (Å²) in [4.78, 5) is 28.2. The summed E-state index contributed by atoms with van der Waals surface area (Å²) in [5.74, 6) is 1.90. The van der Waals surface area contributed by atoms with Crippen molar-refractivity contribution >= 4 is 11.7 Å². The molecule has 0 aliphatic carbocycles. The number of hydrogen-bond acceptors (Lipinski definition) is 7. The lowest BCUT2D eigenvalue weighted by Crippen LogP contribution is -2.37. The quantitative estimate of drug-likeness (QED) is 0.711. The number of rotatable bonds is 8. The van der Waals surface area contributed by atoms with Crippen LogP contribution in [0.5, 0.6) is 0 Å². The van der Waals surface area contributed by atoms with Crippen LogP contribution in [0.25, 0.3) is 0 Å². The van der Waals surface area contributed by atoms with Crippen molar-refractivity contribution in [1.82, 2.24) is 25.1 Å². The second-order valence-corrected chi connectivity index (χ2v) is 7.93. The summed E-state index contributed by atoms with van der Waals surface area (Å²) < 4.78 is 5.37. The van der Waals surface area contributed by atoms with Gasteiger partial charge in [0.2, 0.25) is 5.91 Å². The molecule has 0 saturated carbocycles. The van der Waals surface area contributed by atoms with E-state index in [1.54, 1.807) is 4.90 Å². The number of ether oxygens (including phenoxy) is 1. The molecular weight excluding hydrogens is 356 g/mol. The van der Waals surface area contributed by atoms with Crippen LogP contribution in [0.4, 0.5) is 5.82 Å². The third-order valence-electron chi connectivity index (χ3n) is 5.41. The third-order valence-corrected chi connectivity index (χ3v) is 5.41. The van der Waals surface area contributed by atoms with Crippen LogP contribution in [-0.4, -0.2) is 86.2 Å². The van der Waals surface area contributed by atoms with E-state index in [4.69, 9.17) is 14.7 Å². The summed E-state index contributed by atoms with van der Waals surface area (Å²) in [5.41, 5.74) is 0.895. The predicted octanol–water partition coefficient (Wildman–Crippen LogP) is 1.04. The van der Waals surface area contributed by atoms with Gasteiger partial charge in [0.05, 0.1) is 31.5 Å². The fraction of sp³-hybridized carbons (Fsp3) is 0.750. The molecule has 2 aliphatic rings. The van der Waals surface area contributed by atoms with Gasteiger partial charge in [-0.25, -0.2) is 9.97 Å². The zero-order valence-corrected chi connectivity index (χ0v) is 17.5. The van der Waals surface area contributed by atoms with Gasteiger partial charge in [-0.3, -0.25) is 9.69 Å². The molecule has 0 bridgehead atoms. The Labute approximate surface area is 168 Å². The molecule has 8 nitrogen and oxygen atoms in total. The fourth-order valence-corrected chi connectivity index (χ4v) is 3.67. The van der Waals surface area contributed by atoms with Crippen molar-refractivity contribution in [3.63, 3.8) is 0 Å². The number of nitrogens with zero attached hydrogens (tertiary/aromatic N) is 5. The van der Waals surface area contributed by atoms with Gasteiger partial charge in [-0.1, -0.05) is 0 Å². The van der Waals surface area contributed by atoms with Gasteiger partial charge in [0, 0.05) is 46.7 Å². The topological polar surface area (TPSA) is 73.8 Å². The van der Waals surface area contributed by atoms with Crippen LogP contribution in [0.3, 0.4) is 0 Å². The summed E-state index contributed by atoms with van der Waals surface area (Å²) in [6, 6.07) is 2.20. The maximum Gasteiger partial charge on any atom is 0.222 e. The molecule has 0 radical (unpaired) electrons. The molecule has 2 fully saturated rings. The Kier molecular flexibility index (Phi) is 7.58. The Morgan fingerprint density at radius 3 is 2.75 bits per heavy atom. The maximum atomic E-state index is 12.6. The van der Waals surface area contributed by atoms with Crippen molar-refractivity contribution in [2.45, 2.75) is 38.3 Å². The van der Waals surface area contributed by atoms with Crippen molar-refractivity contribution < 1.29 is 9.53 Å². The molecule has 0 spiro atoms. The summed E-state index contributed by atoms with van der Waals surface area (Å²) in [5, 5.41) is 3.46. The van der Waals surface area contributed by atoms with E-state index in [1.807, 2.05) is 32.1 Å². The molecule has 2 saturated heterocycles. The first kappa shape index (κ1) is 21.0. The number of morpholine rings is 1. The summed E-state index contributed by atoms with van der Waals surface area (Å²) in [7, 11) is 5.83. The molecule has 1 N–H and O–H groups in total. The highest BCUT2D eigenvalue weighted by molar-refractivity contribution is 5.75. The molecule has 8 heteroatoms. The minimum atomic E-state index is 0.166. The standard InChI is InChI=1S/C20H34N6O2/c1-24(2)18-14-16(22-20(23-18)17-6-4-8-21-17)15-25(3)19(27)7-5-9-26-10-12-28-13-11-26/h14,17,21H,4-13,15H2,1-3H3. The lowest BCUT2D eigenvalue weighted by Gasteiger charge is -2.26. The summed E-state index contributed by atoms with van der Waals surface area (Å²) in [6.45, 7) is 6.02. The van der Waals surface area contributed by atoms with E-state index in [9.17, 15) is 4.79 Å². The summed E-state index contributed by atoms with van der Waals surface area (Å²) in [6.07, 6.45) is 3.66. The largest absolute Gasteiger partial charge is 0.379 e. The average molecular weight is 391 g/mol. The predicted molar refractivity (Wildman–Crippen MR) is 109 cm³/mol. The molecule has 1 atom stereocenters. The van der Waals surface area contributed by atoms with E-state index in [0.717, 1.165) is 76.0 Å². The minimum Gasteiger partial charge on any atom is -0.379 e. The number of nitrogens with one attached hydrogen (secondary N) is 1. The highest BCUT2D eigenvalue weighted by Gasteiger charge is 2.21. The van der Waals surface area contributed by atoms with Crippen LogP contribution >= 0.6 is 0 Å². The molecule has 0 aromatic carbocycles. The van der Waals surface area contributed by atoms with E-state index in [0.29, 0.717) is 13.0 Å². The molecule has 1 unspecified atom stereocenters. The second-order valence-electron chi connectivity index (χ2n) is 7.93. The molecule has 1 aromatic rings. The van der Waals surface area contributed by atoms with Crippen molar-refractivity contribution in [3.05, 3.63) is 17.6 Å². The molecule has 1 aromatic heterocycles. The highest BCUT2D eigenvalue weighted by Crippen LogP contribution is 2.22. The monoisotopic (exact) mass is 390 g/mol. The van der Waals surface area contributed by atoms with Gasteiger partial charge in [0.25, 0.3) is 0 Å². The lowest BCUT2D eigenvalue weighted by molar-refractivity contribution is -0.130. The molecule has 156 valence electrons. The van der Waals surface area contributed by atoms with Crippen LogP contribution < -0.4 is 10.2 Å². The SMILES string of the molecule is CN(Cc1cc(N(C)C)nc(C2CCCN2)n1)C(=O)CCCN1CCOCC1. The van der Waals surface area contributed by atoms with Crippen molar-refractivity contribution in [2.24, 2.45) is 0 Å². The van der Waals surface area contributed by atoms with Gasteiger partial charge in [0.1, 0.15) is 11.6 Å². The highest BCUT2D eigenvalue weighted by atomic mass is 16.5. The molecule has 1 amide bonds. The number of carbonyl (C=O) groups is 1. The molecule has 28 heavy (non-hydrogen) atoms. The van der Waals surface area contributed by atoms with E-state index in [2.05, 4.69) is 10.2 Å². The van der Waals surface area contributed by atoms with Gasteiger partial charge < -0.3 is 19.9 Å². The zero-order valence-electron chi connectivity index (χ0n) is 17.5. The average Bonchev–Trinajstić information content (AvgIpc) is 3.23. The van der Waals surface area contributed by atoms with Gasteiger partial charge in [0.15, 0.2) is 0 Å². The number of aromatic nitrogens is 2. The maximum absolute atomic E-state index is 12.6. The molecule has 3 heterocycles. The van der Waals surface area contributed by atoms with Gasteiger partial charge >= 0.3 is 0 Å². The van der Waals surface area contributed by atoms with Crippen LogP contribution in [-0.2, 0) is 16.1 Å². The number of hydrogen-bond donors (Lipinski definition) is 1. The Hall–Kier alpha value is -1.77. The summed E-state index contributed by atoms with van der Waals surface area (Å²) >= 11 is 0. The first-order valence-corrected chi connectivity index (χ1v) is 10.4. The van der Waals surface area contributed by atoms with E-state index < -0.39 is 0 Å². The van der Waals surface area contributed by atoms with Crippen molar-refractivity contribution in [3.8, 4) is 0 Å². The molecule has 3 rings (SSSR count). The minimum absolute atomic E-state index is 0.166. The zero-order chi connectivity index (χ0) is 19.9. The Morgan fingerprint density at radius 2 is 2.07 bits per heavy atom. The van der Waals surface area contributed by atoms with Gasteiger partial charge in [-0.15, -0.1) is 0 Å². The number of amides is 1. The van der Waals surface area contributed by atoms with Crippen LogP contribution in [0.15, 0.2) is 6.07 Å². The first-order chi connectivity index (χ1) is 13.5. The Bertz CT molecular complexity index is 642. The van der Waals surface area contributed by atoms with Crippen LogP contribution in [0, 0.1) is 0 Å². The van der Waals surface area contributed by atoms with Crippen molar-refractivity contribution in [1.29, 1.82) is 0 Å². The number of carbonyl (C=O) groups excluding carboxylic acids is 1. The van der Waals surface area contributed by atoms with E-state index >= 15 is 0 Å². The van der Waals surface area contributed by atoms with E-state index in [1.165, 1.54) is 0 Å². The lowest BCUT2D eigenvalue weighted by atomic mass is 10.2. The van der Waals surface area contributed by atoms with Crippen molar-refractivity contribution in [2.75, 3.05) is 65.4 Å². The normalized spacial score (nSPS) is 20.3. The van der Waals surface area contributed by atoms with Crippen LogP contribution in [0.1, 0.15) is 43.2 Å². The fourth-order valence-electron chi connectivity index (χ4n) is 3.67. The molecular formula is C20H34N6O2. The van der Waals surface area contributed by atoms with Gasteiger partial charge in [-0.05, 0) is 32.4 Å². The van der Waals surface area contributed by atoms with Crippen LogP contribution in [0.2, 0.25) is 0 Å².